The maximum atomic E-state index is 11.3. The van der Waals surface area contributed by atoms with Gasteiger partial charge in [0, 0.05) is 0 Å². The van der Waals surface area contributed by atoms with Crippen molar-refractivity contribution < 1.29 is 9.32 Å². The van der Waals surface area contributed by atoms with E-state index < -0.39 is 6.04 Å². The van der Waals surface area contributed by atoms with Gasteiger partial charge >= 0.3 is 0 Å². The van der Waals surface area contributed by atoms with Gasteiger partial charge in [0.15, 0.2) is 5.76 Å². The maximum Gasteiger partial charge on any atom is 0.241 e. The molecule has 1 unspecified atom stereocenters. The predicted molar refractivity (Wildman–Crippen MR) is 60.1 cm³/mol. The standard InChI is InChI=1S/C9H15N3O2.ClH/c1-4-7-8(6(3)14-12-7)11-9(13)5(2)10;/h5H,4,10H2,1-3H3,(H,11,13);1H. The third-order valence-electron chi connectivity index (χ3n) is 1.93. The summed E-state index contributed by atoms with van der Waals surface area (Å²) >= 11 is 0. The monoisotopic (exact) mass is 233 g/mol. The molecule has 3 N–H and O–H groups in total. The van der Waals surface area contributed by atoms with E-state index in [0.29, 0.717) is 17.9 Å². The number of aryl methyl sites for hydroxylation is 2. The Morgan fingerprint density at radius 2 is 2.27 bits per heavy atom. The first-order valence-electron chi connectivity index (χ1n) is 4.57. The van der Waals surface area contributed by atoms with Crippen molar-refractivity contribution in [1.29, 1.82) is 0 Å². The summed E-state index contributed by atoms with van der Waals surface area (Å²) in [6.45, 7) is 5.32. The Bertz CT molecular complexity index is 336. The molecule has 5 nitrogen and oxygen atoms in total. The molecular formula is C9H16ClN3O2. The Morgan fingerprint density at radius 3 is 2.73 bits per heavy atom. The number of nitrogens with two attached hydrogens (primary N) is 1. The van der Waals surface area contributed by atoms with Crippen molar-refractivity contribution in [2.24, 2.45) is 5.73 Å². The van der Waals surface area contributed by atoms with Crippen LogP contribution in [-0.4, -0.2) is 17.1 Å². The van der Waals surface area contributed by atoms with Crippen molar-refractivity contribution in [2.45, 2.75) is 33.2 Å². The quantitative estimate of drug-likeness (QED) is 0.824. The highest BCUT2D eigenvalue weighted by Crippen LogP contribution is 2.20. The van der Waals surface area contributed by atoms with E-state index in [0.717, 1.165) is 5.69 Å². The molecule has 0 aliphatic heterocycles. The van der Waals surface area contributed by atoms with Crippen molar-refractivity contribution in [3.05, 3.63) is 11.5 Å². The van der Waals surface area contributed by atoms with Gasteiger partial charge in [-0.25, -0.2) is 0 Å². The molecule has 86 valence electrons. The van der Waals surface area contributed by atoms with Crippen molar-refractivity contribution in [3.63, 3.8) is 0 Å². The molecule has 0 saturated heterocycles. The van der Waals surface area contributed by atoms with Gasteiger partial charge in [0.2, 0.25) is 5.91 Å². The van der Waals surface area contributed by atoms with Gasteiger partial charge in [-0.05, 0) is 20.3 Å². The molecule has 1 amide bonds. The Morgan fingerprint density at radius 1 is 1.67 bits per heavy atom. The lowest BCUT2D eigenvalue weighted by Crippen LogP contribution is -2.32. The van der Waals surface area contributed by atoms with Crippen molar-refractivity contribution >= 4 is 24.0 Å². The van der Waals surface area contributed by atoms with Crippen LogP contribution in [-0.2, 0) is 11.2 Å². The van der Waals surface area contributed by atoms with E-state index in [9.17, 15) is 4.79 Å². The number of rotatable bonds is 3. The molecule has 0 bridgehead atoms. The molecule has 0 aromatic carbocycles. The number of nitrogens with one attached hydrogen (secondary N) is 1. The van der Waals surface area contributed by atoms with Crippen LogP contribution in [0.5, 0.6) is 0 Å². The zero-order chi connectivity index (χ0) is 10.7. The molecule has 0 aliphatic carbocycles. The van der Waals surface area contributed by atoms with Crippen LogP contribution in [0.4, 0.5) is 5.69 Å². The molecule has 0 spiro atoms. The van der Waals surface area contributed by atoms with Gasteiger partial charge in [0.1, 0.15) is 11.4 Å². The van der Waals surface area contributed by atoms with Crippen LogP contribution in [0.2, 0.25) is 0 Å². The molecule has 15 heavy (non-hydrogen) atoms. The first-order valence-corrected chi connectivity index (χ1v) is 4.57. The largest absolute Gasteiger partial charge is 0.359 e. The van der Waals surface area contributed by atoms with E-state index in [2.05, 4.69) is 10.5 Å². The van der Waals surface area contributed by atoms with Crippen molar-refractivity contribution in [1.82, 2.24) is 5.16 Å². The smallest absolute Gasteiger partial charge is 0.241 e. The van der Waals surface area contributed by atoms with Crippen LogP contribution in [0.25, 0.3) is 0 Å². The van der Waals surface area contributed by atoms with Gasteiger partial charge in [-0.15, -0.1) is 12.4 Å². The molecule has 0 fully saturated rings. The lowest BCUT2D eigenvalue weighted by molar-refractivity contribution is -0.117. The molecule has 0 aliphatic rings. The molecule has 1 aromatic heterocycles. The van der Waals surface area contributed by atoms with Crippen LogP contribution < -0.4 is 11.1 Å². The summed E-state index contributed by atoms with van der Waals surface area (Å²) in [6, 6.07) is -0.533. The molecule has 1 atom stereocenters. The number of halogens is 1. The minimum atomic E-state index is -0.533. The van der Waals surface area contributed by atoms with E-state index in [4.69, 9.17) is 10.3 Å². The zero-order valence-electron chi connectivity index (χ0n) is 9.03. The molecule has 1 heterocycles. The fraction of sp³-hybridized carbons (Fsp3) is 0.556. The fourth-order valence-electron chi connectivity index (χ4n) is 1.06. The highest BCUT2D eigenvalue weighted by Gasteiger charge is 2.15. The third-order valence-corrected chi connectivity index (χ3v) is 1.93. The number of carbonyl (C=O) groups excluding carboxylic acids is 1. The van der Waals surface area contributed by atoms with Crippen molar-refractivity contribution in [3.8, 4) is 0 Å². The molecule has 1 aromatic rings. The molecule has 1 rings (SSSR count). The van der Waals surface area contributed by atoms with E-state index >= 15 is 0 Å². The van der Waals surface area contributed by atoms with Gasteiger partial charge in [-0.1, -0.05) is 12.1 Å². The summed E-state index contributed by atoms with van der Waals surface area (Å²) in [7, 11) is 0. The van der Waals surface area contributed by atoms with Crippen LogP contribution in [0.3, 0.4) is 0 Å². The SMILES string of the molecule is CCc1noc(C)c1NC(=O)C(C)N.Cl. The van der Waals surface area contributed by atoms with E-state index in [1.54, 1.807) is 13.8 Å². The number of nitrogens with zero attached hydrogens (tertiary/aromatic N) is 1. The summed E-state index contributed by atoms with van der Waals surface area (Å²) < 4.78 is 4.96. The number of amides is 1. The second kappa shape index (κ2) is 5.72. The van der Waals surface area contributed by atoms with Crippen LogP contribution in [0.15, 0.2) is 4.52 Å². The van der Waals surface area contributed by atoms with E-state index in [1.807, 2.05) is 6.92 Å². The average molecular weight is 234 g/mol. The first kappa shape index (κ1) is 13.9. The maximum absolute atomic E-state index is 11.3. The average Bonchev–Trinajstić information content (AvgIpc) is 2.47. The summed E-state index contributed by atoms with van der Waals surface area (Å²) in [5.74, 6) is 0.377. The zero-order valence-corrected chi connectivity index (χ0v) is 9.85. The fourth-order valence-corrected chi connectivity index (χ4v) is 1.06. The summed E-state index contributed by atoms with van der Waals surface area (Å²) in [5.41, 5.74) is 6.83. The van der Waals surface area contributed by atoms with Crippen LogP contribution >= 0.6 is 12.4 Å². The molecule has 0 radical (unpaired) electrons. The highest BCUT2D eigenvalue weighted by molar-refractivity contribution is 5.95. The molecule has 6 heteroatoms. The highest BCUT2D eigenvalue weighted by atomic mass is 35.5. The number of hydrogen-bond acceptors (Lipinski definition) is 4. The Kier molecular flexibility index (Phi) is 5.32. The predicted octanol–water partition coefficient (Wildman–Crippen LogP) is 1.25. The summed E-state index contributed by atoms with van der Waals surface area (Å²) in [4.78, 5) is 11.3. The normalized spacial score (nSPS) is 11.7. The third kappa shape index (κ3) is 3.21. The number of anilines is 1. The lowest BCUT2D eigenvalue weighted by Gasteiger charge is -2.06. The Hall–Kier alpha value is -1.07. The van der Waals surface area contributed by atoms with Gasteiger partial charge < -0.3 is 15.6 Å². The second-order valence-corrected chi connectivity index (χ2v) is 3.19. The Labute approximate surface area is 94.8 Å². The van der Waals surface area contributed by atoms with Crippen molar-refractivity contribution in [2.75, 3.05) is 5.32 Å². The second-order valence-electron chi connectivity index (χ2n) is 3.19. The number of aromatic nitrogens is 1. The Balaban J connectivity index is 0.00000196. The van der Waals surface area contributed by atoms with Gasteiger partial charge in [-0.3, -0.25) is 4.79 Å². The number of hydrogen-bond donors (Lipinski definition) is 2. The van der Waals surface area contributed by atoms with Gasteiger partial charge in [-0.2, -0.15) is 0 Å². The number of carbonyl (C=O) groups is 1. The van der Waals surface area contributed by atoms with Gasteiger partial charge in [0.05, 0.1) is 6.04 Å². The first-order chi connectivity index (χ1) is 6.56. The van der Waals surface area contributed by atoms with Crippen LogP contribution in [0, 0.1) is 6.92 Å². The lowest BCUT2D eigenvalue weighted by atomic mass is 10.2. The van der Waals surface area contributed by atoms with Crippen LogP contribution in [0.1, 0.15) is 25.3 Å². The minimum absolute atomic E-state index is 0. The van der Waals surface area contributed by atoms with Gasteiger partial charge in [0.25, 0.3) is 0 Å². The van der Waals surface area contributed by atoms with E-state index in [-0.39, 0.29) is 18.3 Å². The molecular weight excluding hydrogens is 218 g/mol. The van der Waals surface area contributed by atoms with E-state index in [1.165, 1.54) is 0 Å². The minimum Gasteiger partial charge on any atom is -0.359 e. The summed E-state index contributed by atoms with van der Waals surface area (Å²) in [5, 5.41) is 6.51. The summed E-state index contributed by atoms with van der Waals surface area (Å²) in [6.07, 6.45) is 0.714. The molecule has 0 saturated carbocycles. The topological polar surface area (TPSA) is 81.2 Å².